The van der Waals surface area contributed by atoms with Crippen LogP contribution in [0.2, 0.25) is 0 Å². The highest BCUT2D eigenvalue weighted by molar-refractivity contribution is 5.92. The summed E-state index contributed by atoms with van der Waals surface area (Å²) in [5.41, 5.74) is 12.0. The maximum atomic E-state index is 12.9. The minimum absolute atomic E-state index is 0.0685. The van der Waals surface area contributed by atoms with Gasteiger partial charge in [0.2, 0.25) is 11.8 Å². The number of benzene rings is 1. The molecule has 0 aromatic heterocycles. The largest absolute Gasteiger partial charge is 0.480 e. The van der Waals surface area contributed by atoms with Gasteiger partial charge in [-0.25, -0.2) is 4.79 Å². The first-order valence-corrected chi connectivity index (χ1v) is 10.4. The second-order valence-electron chi connectivity index (χ2n) is 7.54. The highest BCUT2D eigenvalue weighted by Crippen LogP contribution is 2.09. The molecular weight excluding hydrogens is 400 g/mol. The zero-order chi connectivity index (χ0) is 23.4. The molecule has 0 saturated carbocycles. The van der Waals surface area contributed by atoms with E-state index in [1.807, 2.05) is 44.2 Å². The number of carboxylic acids is 1. The SMILES string of the molecule is CC[C@H](C)[C@H](N)C(=O)N[C@@H](Cc1ccccc1)C(=O)N[C@@H](CCCNC(=N)N)C(=O)O. The maximum absolute atomic E-state index is 12.9. The van der Waals surface area contributed by atoms with Gasteiger partial charge in [-0.3, -0.25) is 15.0 Å². The van der Waals surface area contributed by atoms with Crippen LogP contribution in [0, 0.1) is 11.3 Å². The van der Waals surface area contributed by atoms with E-state index in [0.717, 1.165) is 5.56 Å². The summed E-state index contributed by atoms with van der Waals surface area (Å²) in [6.07, 6.45) is 1.43. The van der Waals surface area contributed by atoms with E-state index in [1.165, 1.54) is 0 Å². The lowest BCUT2D eigenvalue weighted by Gasteiger charge is -2.24. The van der Waals surface area contributed by atoms with Gasteiger partial charge in [0.1, 0.15) is 12.1 Å². The van der Waals surface area contributed by atoms with Gasteiger partial charge in [0.15, 0.2) is 5.96 Å². The van der Waals surface area contributed by atoms with Gasteiger partial charge >= 0.3 is 5.97 Å². The normalized spacial score (nSPS) is 14.5. The highest BCUT2D eigenvalue weighted by atomic mass is 16.4. The summed E-state index contributed by atoms with van der Waals surface area (Å²) < 4.78 is 0. The van der Waals surface area contributed by atoms with Crippen molar-refractivity contribution in [1.29, 1.82) is 5.41 Å². The molecule has 2 amide bonds. The minimum Gasteiger partial charge on any atom is -0.480 e. The average molecular weight is 435 g/mol. The number of nitrogens with two attached hydrogens (primary N) is 2. The summed E-state index contributed by atoms with van der Waals surface area (Å²) in [5.74, 6) is -2.51. The fourth-order valence-electron chi connectivity index (χ4n) is 2.90. The Hall–Kier alpha value is -3.14. The van der Waals surface area contributed by atoms with Crippen molar-refractivity contribution in [3.05, 3.63) is 35.9 Å². The Morgan fingerprint density at radius 3 is 2.26 bits per heavy atom. The molecule has 0 aliphatic carbocycles. The van der Waals surface area contributed by atoms with E-state index in [2.05, 4.69) is 16.0 Å². The lowest BCUT2D eigenvalue weighted by atomic mass is 9.98. The van der Waals surface area contributed by atoms with Gasteiger partial charge in [0, 0.05) is 13.0 Å². The zero-order valence-electron chi connectivity index (χ0n) is 18.1. The molecule has 0 fully saturated rings. The Balaban J connectivity index is 2.88. The second-order valence-corrected chi connectivity index (χ2v) is 7.54. The number of carbonyl (C=O) groups excluding carboxylic acids is 2. The fraction of sp³-hybridized carbons (Fsp3) is 0.524. The fourth-order valence-corrected chi connectivity index (χ4v) is 2.90. The van der Waals surface area contributed by atoms with Crippen molar-refractivity contribution in [2.24, 2.45) is 17.4 Å². The number of guanidine groups is 1. The summed E-state index contributed by atoms with van der Waals surface area (Å²) >= 11 is 0. The van der Waals surface area contributed by atoms with E-state index in [-0.39, 0.29) is 24.7 Å². The summed E-state index contributed by atoms with van der Waals surface area (Å²) in [5, 5.41) is 24.4. The number of hydrogen-bond donors (Lipinski definition) is 7. The predicted molar refractivity (Wildman–Crippen MR) is 118 cm³/mol. The van der Waals surface area contributed by atoms with Gasteiger partial charge in [-0.15, -0.1) is 0 Å². The van der Waals surface area contributed by atoms with Crippen molar-refractivity contribution in [2.75, 3.05) is 6.54 Å². The van der Waals surface area contributed by atoms with Crippen LogP contribution in [0.1, 0.15) is 38.7 Å². The van der Waals surface area contributed by atoms with Crippen LogP contribution >= 0.6 is 0 Å². The van der Waals surface area contributed by atoms with Crippen LogP contribution in [0.4, 0.5) is 0 Å². The molecule has 0 spiro atoms. The number of carboxylic acid groups (broad SMARTS) is 1. The minimum atomic E-state index is -1.18. The molecule has 0 aliphatic heterocycles. The van der Waals surface area contributed by atoms with Crippen LogP contribution in [-0.4, -0.2) is 53.5 Å². The molecule has 0 saturated heterocycles. The van der Waals surface area contributed by atoms with Gasteiger partial charge in [-0.05, 0) is 24.3 Å². The van der Waals surface area contributed by atoms with Crippen molar-refractivity contribution in [3.63, 3.8) is 0 Å². The molecule has 4 atom stereocenters. The summed E-state index contributed by atoms with van der Waals surface area (Å²) in [7, 11) is 0. The number of hydrogen-bond acceptors (Lipinski definition) is 5. The molecule has 31 heavy (non-hydrogen) atoms. The molecule has 0 bridgehead atoms. The Bertz CT molecular complexity index is 743. The topological polar surface area (TPSA) is 183 Å². The maximum Gasteiger partial charge on any atom is 0.326 e. The first kappa shape index (κ1) is 25.9. The average Bonchev–Trinajstić information content (AvgIpc) is 2.74. The van der Waals surface area contributed by atoms with Crippen LogP contribution in [0.3, 0.4) is 0 Å². The van der Waals surface area contributed by atoms with Crippen molar-refractivity contribution >= 4 is 23.7 Å². The Morgan fingerprint density at radius 1 is 1.10 bits per heavy atom. The van der Waals surface area contributed by atoms with Crippen LogP contribution in [0.5, 0.6) is 0 Å². The molecule has 1 aromatic carbocycles. The number of aliphatic carboxylic acids is 1. The van der Waals surface area contributed by atoms with Gasteiger partial charge in [0.05, 0.1) is 6.04 Å². The van der Waals surface area contributed by atoms with E-state index < -0.39 is 35.9 Å². The first-order chi connectivity index (χ1) is 14.6. The van der Waals surface area contributed by atoms with Crippen molar-refractivity contribution in [2.45, 2.75) is 57.7 Å². The molecule has 0 radical (unpaired) electrons. The van der Waals surface area contributed by atoms with Crippen molar-refractivity contribution < 1.29 is 19.5 Å². The molecule has 10 nitrogen and oxygen atoms in total. The summed E-state index contributed by atoms with van der Waals surface area (Å²) in [6.45, 7) is 4.08. The van der Waals surface area contributed by atoms with E-state index >= 15 is 0 Å². The summed E-state index contributed by atoms with van der Waals surface area (Å²) in [4.78, 5) is 37.1. The lowest BCUT2D eigenvalue weighted by molar-refractivity contribution is -0.142. The van der Waals surface area contributed by atoms with E-state index in [4.69, 9.17) is 16.9 Å². The third-order valence-electron chi connectivity index (χ3n) is 5.07. The molecule has 0 unspecified atom stereocenters. The van der Waals surface area contributed by atoms with Crippen LogP contribution < -0.4 is 27.4 Å². The molecule has 9 N–H and O–H groups in total. The standard InChI is InChI=1S/C21H34N6O4/c1-3-13(2)17(22)19(29)27-16(12-14-8-5-4-6-9-14)18(28)26-15(20(30)31)10-7-11-25-21(23)24/h4-6,8-9,13,15-17H,3,7,10-12,22H2,1-2H3,(H,26,28)(H,27,29)(H,30,31)(H4,23,24,25)/t13-,15-,16-,17-/m0/s1. The third-order valence-corrected chi connectivity index (χ3v) is 5.07. The predicted octanol–water partition coefficient (Wildman–Crippen LogP) is -0.0800. The lowest BCUT2D eigenvalue weighted by Crippen LogP contribution is -2.56. The summed E-state index contributed by atoms with van der Waals surface area (Å²) in [6, 6.07) is 6.24. The first-order valence-electron chi connectivity index (χ1n) is 10.4. The molecular formula is C21H34N6O4. The highest BCUT2D eigenvalue weighted by Gasteiger charge is 2.29. The number of amides is 2. The van der Waals surface area contributed by atoms with Crippen LogP contribution in [0.15, 0.2) is 30.3 Å². The van der Waals surface area contributed by atoms with Crippen LogP contribution in [0.25, 0.3) is 0 Å². The Kier molecular flexibility index (Phi) is 11.0. The number of nitrogens with one attached hydrogen (secondary N) is 4. The number of rotatable bonds is 13. The van der Waals surface area contributed by atoms with E-state index in [9.17, 15) is 19.5 Å². The van der Waals surface area contributed by atoms with Crippen molar-refractivity contribution in [3.8, 4) is 0 Å². The molecule has 0 heterocycles. The monoisotopic (exact) mass is 434 g/mol. The zero-order valence-corrected chi connectivity index (χ0v) is 18.1. The number of carbonyl (C=O) groups is 3. The molecule has 1 rings (SSSR count). The van der Waals surface area contributed by atoms with Gasteiger partial charge in [0.25, 0.3) is 0 Å². The van der Waals surface area contributed by atoms with Crippen molar-refractivity contribution in [1.82, 2.24) is 16.0 Å². The molecule has 172 valence electrons. The Labute approximate surface area is 182 Å². The molecule has 1 aromatic rings. The second kappa shape index (κ2) is 13.2. The van der Waals surface area contributed by atoms with Gasteiger partial charge in [-0.2, -0.15) is 0 Å². The molecule has 10 heteroatoms. The van der Waals surface area contributed by atoms with E-state index in [1.54, 1.807) is 0 Å². The third kappa shape index (κ3) is 9.47. The quantitative estimate of drug-likeness (QED) is 0.129. The molecule has 0 aliphatic rings. The van der Waals surface area contributed by atoms with E-state index in [0.29, 0.717) is 19.4 Å². The van der Waals surface area contributed by atoms with Gasteiger partial charge < -0.3 is 32.5 Å². The Morgan fingerprint density at radius 2 is 1.71 bits per heavy atom. The smallest absolute Gasteiger partial charge is 0.326 e. The van der Waals surface area contributed by atoms with Gasteiger partial charge in [-0.1, -0.05) is 50.6 Å². The van der Waals surface area contributed by atoms with Crippen LogP contribution in [-0.2, 0) is 20.8 Å².